The van der Waals surface area contributed by atoms with Gasteiger partial charge in [-0.3, -0.25) is 4.99 Å². The van der Waals surface area contributed by atoms with E-state index in [2.05, 4.69) is 121 Å². The largest absolute Gasteiger partial charge is 0.274 e. The van der Waals surface area contributed by atoms with Crippen molar-refractivity contribution >= 4 is 5.71 Å². The first kappa shape index (κ1) is 27.4. The molecule has 2 atom stereocenters. The molecule has 0 fully saturated rings. The molecule has 0 N–H and O–H groups in total. The fraction of sp³-hybridized carbons (Fsp3) is 0.594. The molecule has 1 aromatic rings. The number of rotatable bonds is 7. The summed E-state index contributed by atoms with van der Waals surface area (Å²) in [5.41, 5.74) is 12.5. The van der Waals surface area contributed by atoms with E-state index in [4.69, 9.17) is 4.99 Å². The first-order chi connectivity index (χ1) is 15.0. The standard InChI is InChI=1S/C32H49N/c1-19(2)27(31(11,12)13)17-23(8)30(21(5)6)33-32(14)18-28(32)24(9)26-16-15-22(7)29(20(3)4)25(26)10/h15-18,20-21,24H,1-14H3/b23-17+,33-30?. The van der Waals surface area contributed by atoms with Crippen molar-refractivity contribution in [3.8, 4) is 0 Å². The minimum Gasteiger partial charge on any atom is -0.274 e. The average molecular weight is 448 g/mol. The third-order valence-electron chi connectivity index (χ3n) is 7.23. The molecule has 1 nitrogen and oxygen atoms in total. The fourth-order valence-corrected chi connectivity index (χ4v) is 5.66. The SMILES string of the molecule is CC(C)=C(/C=C(\C)C(=NC1(C)C=C1C(C)c1ccc(C)c(C(C)C)c1C)C(C)C)C(C)(C)C. The molecule has 0 saturated carbocycles. The summed E-state index contributed by atoms with van der Waals surface area (Å²) in [6.45, 7) is 31.9. The molecule has 1 aromatic carbocycles. The van der Waals surface area contributed by atoms with E-state index in [0.717, 1.165) is 0 Å². The minimum absolute atomic E-state index is 0.126. The minimum atomic E-state index is -0.170. The summed E-state index contributed by atoms with van der Waals surface area (Å²) in [4.78, 5) is 5.38. The number of allylic oxidation sites excluding steroid dienone is 4. The summed E-state index contributed by atoms with van der Waals surface area (Å²) in [7, 11) is 0. The number of benzene rings is 1. The zero-order chi connectivity index (χ0) is 25.5. The van der Waals surface area contributed by atoms with Gasteiger partial charge >= 0.3 is 0 Å². The average Bonchev–Trinajstić information content (AvgIpc) is 3.33. The van der Waals surface area contributed by atoms with Crippen LogP contribution in [0.15, 0.2) is 51.6 Å². The summed E-state index contributed by atoms with van der Waals surface area (Å²) < 4.78 is 0. The van der Waals surface area contributed by atoms with E-state index in [1.807, 2.05) is 0 Å². The van der Waals surface area contributed by atoms with Crippen LogP contribution in [0, 0.1) is 25.2 Å². The molecule has 0 radical (unpaired) electrons. The van der Waals surface area contributed by atoms with Crippen molar-refractivity contribution < 1.29 is 0 Å². The Morgan fingerprint density at radius 2 is 1.55 bits per heavy atom. The molecule has 1 heteroatoms. The second kappa shape index (κ2) is 9.77. The molecule has 0 spiro atoms. The van der Waals surface area contributed by atoms with Crippen LogP contribution in [0.25, 0.3) is 0 Å². The van der Waals surface area contributed by atoms with Crippen molar-refractivity contribution in [3.63, 3.8) is 0 Å². The highest BCUT2D eigenvalue weighted by Crippen LogP contribution is 2.49. The molecule has 0 saturated heterocycles. The van der Waals surface area contributed by atoms with Gasteiger partial charge in [-0.05, 0) is 97.8 Å². The van der Waals surface area contributed by atoms with Crippen molar-refractivity contribution in [3.05, 3.63) is 68.8 Å². The topological polar surface area (TPSA) is 12.4 Å². The highest BCUT2D eigenvalue weighted by Gasteiger charge is 2.43. The van der Waals surface area contributed by atoms with Gasteiger partial charge in [-0.1, -0.05) is 85.2 Å². The van der Waals surface area contributed by atoms with Crippen molar-refractivity contribution in [2.75, 3.05) is 0 Å². The Kier molecular flexibility index (Phi) is 8.10. The van der Waals surface area contributed by atoms with Gasteiger partial charge in [0, 0.05) is 11.6 Å². The van der Waals surface area contributed by atoms with Gasteiger partial charge in [0.05, 0.1) is 5.54 Å². The van der Waals surface area contributed by atoms with E-state index >= 15 is 0 Å². The Morgan fingerprint density at radius 1 is 0.970 bits per heavy atom. The number of hydrogen-bond acceptors (Lipinski definition) is 1. The molecule has 1 aliphatic rings. The Hall–Kier alpha value is -1.89. The lowest BCUT2D eigenvalue weighted by Gasteiger charge is -2.25. The summed E-state index contributed by atoms with van der Waals surface area (Å²) >= 11 is 0. The molecule has 33 heavy (non-hydrogen) atoms. The van der Waals surface area contributed by atoms with Crippen LogP contribution in [0.3, 0.4) is 0 Å². The molecule has 0 heterocycles. The van der Waals surface area contributed by atoms with Gasteiger partial charge in [-0.2, -0.15) is 0 Å². The molecule has 2 unspecified atom stereocenters. The summed E-state index contributed by atoms with van der Waals surface area (Å²) in [5.74, 6) is 1.32. The van der Waals surface area contributed by atoms with Crippen LogP contribution in [0.1, 0.15) is 117 Å². The first-order valence-electron chi connectivity index (χ1n) is 12.8. The zero-order valence-electron chi connectivity index (χ0n) is 24.0. The smallest absolute Gasteiger partial charge is 0.0983 e. The lowest BCUT2D eigenvalue weighted by Crippen LogP contribution is -2.18. The molecular weight excluding hydrogens is 398 g/mol. The zero-order valence-corrected chi connectivity index (χ0v) is 24.0. The molecule has 0 aliphatic heterocycles. The third-order valence-corrected chi connectivity index (χ3v) is 7.23. The van der Waals surface area contributed by atoms with Crippen LogP contribution in [0.5, 0.6) is 0 Å². The van der Waals surface area contributed by atoms with E-state index in [-0.39, 0.29) is 11.0 Å². The molecule has 182 valence electrons. The van der Waals surface area contributed by atoms with Crippen LogP contribution < -0.4 is 0 Å². The fourth-order valence-electron chi connectivity index (χ4n) is 5.66. The Balaban J connectivity index is 2.42. The Labute approximate surface area is 205 Å². The highest BCUT2D eigenvalue weighted by atomic mass is 14.9. The van der Waals surface area contributed by atoms with Crippen LogP contribution in [0.4, 0.5) is 0 Å². The quantitative estimate of drug-likeness (QED) is 0.224. The summed E-state index contributed by atoms with van der Waals surface area (Å²) in [6, 6.07) is 4.64. The van der Waals surface area contributed by atoms with Crippen LogP contribution in [0.2, 0.25) is 0 Å². The lowest BCUT2D eigenvalue weighted by atomic mass is 9.82. The number of aryl methyl sites for hydroxylation is 1. The normalized spacial score (nSPS) is 20.3. The second-order valence-electron chi connectivity index (χ2n) is 12.3. The van der Waals surface area contributed by atoms with Gasteiger partial charge in [0.25, 0.3) is 0 Å². The Morgan fingerprint density at radius 3 is 2.00 bits per heavy atom. The number of hydrogen-bond donors (Lipinski definition) is 0. The van der Waals surface area contributed by atoms with E-state index < -0.39 is 0 Å². The molecule has 0 bridgehead atoms. The van der Waals surface area contributed by atoms with Crippen LogP contribution in [-0.2, 0) is 0 Å². The monoisotopic (exact) mass is 447 g/mol. The molecule has 0 amide bonds. The second-order valence-corrected chi connectivity index (χ2v) is 12.3. The predicted molar refractivity (Wildman–Crippen MR) is 149 cm³/mol. The van der Waals surface area contributed by atoms with E-state index in [1.54, 1.807) is 0 Å². The van der Waals surface area contributed by atoms with Gasteiger partial charge in [-0.15, -0.1) is 0 Å². The van der Waals surface area contributed by atoms with Gasteiger partial charge in [0.15, 0.2) is 0 Å². The van der Waals surface area contributed by atoms with Gasteiger partial charge in [0.1, 0.15) is 0 Å². The Bertz CT molecular complexity index is 1010. The third kappa shape index (κ3) is 5.97. The van der Waals surface area contributed by atoms with Crippen molar-refractivity contribution in [2.45, 2.75) is 114 Å². The highest BCUT2D eigenvalue weighted by molar-refractivity contribution is 6.02. The maximum Gasteiger partial charge on any atom is 0.0983 e. The van der Waals surface area contributed by atoms with Gasteiger partial charge in [-0.25, -0.2) is 0 Å². The number of aliphatic imine (C=N–C) groups is 1. The maximum atomic E-state index is 5.38. The maximum absolute atomic E-state index is 5.38. The summed E-state index contributed by atoms with van der Waals surface area (Å²) in [6.07, 6.45) is 4.76. The van der Waals surface area contributed by atoms with E-state index in [1.165, 1.54) is 50.3 Å². The molecule has 0 aromatic heterocycles. The van der Waals surface area contributed by atoms with E-state index in [9.17, 15) is 0 Å². The van der Waals surface area contributed by atoms with Crippen molar-refractivity contribution in [2.24, 2.45) is 16.3 Å². The summed E-state index contributed by atoms with van der Waals surface area (Å²) in [5, 5.41) is 0. The molecular formula is C32H49N. The first-order valence-corrected chi connectivity index (χ1v) is 12.8. The van der Waals surface area contributed by atoms with Crippen LogP contribution in [-0.4, -0.2) is 11.3 Å². The lowest BCUT2D eigenvalue weighted by molar-refractivity contribution is 0.511. The van der Waals surface area contributed by atoms with Crippen LogP contribution >= 0.6 is 0 Å². The number of nitrogens with zero attached hydrogens (tertiary/aromatic N) is 1. The van der Waals surface area contributed by atoms with E-state index in [0.29, 0.717) is 17.8 Å². The van der Waals surface area contributed by atoms with Crippen molar-refractivity contribution in [1.82, 2.24) is 0 Å². The molecule has 2 rings (SSSR count). The predicted octanol–water partition coefficient (Wildman–Crippen LogP) is 9.65. The van der Waals surface area contributed by atoms with Gasteiger partial charge < -0.3 is 0 Å². The molecule has 1 aliphatic carbocycles. The van der Waals surface area contributed by atoms with Crippen molar-refractivity contribution in [1.29, 1.82) is 0 Å². The van der Waals surface area contributed by atoms with Gasteiger partial charge in [0.2, 0.25) is 0 Å².